The summed E-state index contributed by atoms with van der Waals surface area (Å²) in [5.74, 6) is 0. The van der Waals surface area contributed by atoms with Crippen LogP contribution < -0.4 is 28.5 Å². The Morgan fingerprint density at radius 1 is 1.13 bits per heavy atom. The third-order valence-corrected chi connectivity index (χ3v) is 2.89. The third-order valence-electron chi connectivity index (χ3n) is 2.06. The van der Waals surface area contributed by atoms with Crippen molar-refractivity contribution in [3.8, 4) is 0 Å². The SMILES string of the molecule is C[n+]1ccccc1/C=C/c1cccs1.[I-]. The summed E-state index contributed by atoms with van der Waals surface area (Å²) in [5, 5.41) is 2.09. The van der Waals surface area contributed by atoms with Crippen LogP contribution >= 0.6 is 11.3 Å². The molecule has 2 heterocycles. The number of hydrogen-bond acceptors (Lipinski definition) is 1. The van der Waals surface area contributed by atoms with Gasteiger partial charge in [0, 0.05) is 23.1 Å². The Balaban J connectivity index is 0.00000112. The Kier molecular flexibility index (Phi) is 4.98. The first-order valence-electron chi connectivity index (χ1n) is 4.52. The molecule has 0 N–H and O–H groups in total. The van der Waals surface area contributed by atoms with Crippen LogP contribution in [0.25, 0.3) is 12.2 Å². The molecule has 0 aromatic carbocycles. The number of nitrogens with zero attached hydrogens (tertiary/aromatic N) is 1. The van der Waals surface area contributed by atoms with Crippen molar-refractivity contribution in [1.29, 1.82) is 0 Å². The lowest BCUT2D eigenvalue weighted by atomic mass is 10.3. The smallest absolute Gasteiger partial charge is 0.204 e. The number of rotatable bonds is 2. The lowest BCUT2D eigenvalue weighted by molar-refractivity contribution is -0.673. The molecule has 0 saturated heterocycles. The molecule has 0 fully saturated rings. The highest BCUT2D eigenvalue weighted by atomic mass is 127. The molecule has 0 aliphatic heterocycles. The van der Waals surface area contributed by atoms with E-state index < -0.39 is 0 Å². The minimum Gasteiger partial charge on any atom is -1.00 e. The molecule has 0 aliphatic rings. The van der Waals surface area contributed by atoms with Crippen LogP contribution in [0.5, 0.6) is 0 Å². The average Bonchev–Trinajstić information content (AvgIpc) is 2.69. The molecule has 0 aliphatic carbocycles. The van der Waals surface area contributed by atoms with Gasteiger partial charge in [0.2, 0.25) is 5.69 Å². The molecular formula is C12H12INS. The van der Waals surface area contributed by atoms with Crippen LogP contribution in [-0.4, -0.2) is 0 Å². The number of aromatic nitrogens is 1. The Labute approximate surface area is 111 Å². The van der Waals surface area contributed by atoms with Gasteiger partial charge in [0.25, 0.3) is 0 Å². The number of aryl methyl sites for hydroxylation is 1. The molecule has 0 unspecified atom stereocenters. The van der Waals surface area contributed by atoms with Gasteiger partial charge in [-0.05, 0) is 23.6 Å². The predicted molar refractivity (Wildman–Crippen MR) is 60.9 cm³/mol. The Morgan fingerprint density at radius 2 is 2.00 bits per heavy atom. The van der Waals surface area contributed by atoms with Crippen molar-refractivity contribution in [3.63, 3.8) is 0 Å². The minimum absolute atomic E-state index is 0. The van der Waals surface area contributed by atoms with Crippen LogP contribution in [0.15, 0.2) is 41.9 Å². The van der Waals surface area contributed by atoms with E-state index in [1.165, 1.54) is 10.6 Å². The molecule has 1 nitrogen and oxygen atoms in total. The van der Waals surface area contributed by atoms with E-state index in [2.05, 4.69) is 40.3 Å². The van der Waals surface area contributed by atoms with Gasteiger partial charge in [-0.15, -0.1) is 11.3 Å². The fourth-order valence-corrected chi connectivity index (χ4v) is 1.88. The number of pyridine rings is 1. The average molecular weight is 329 g/mol. The highest BCUT2D eigenvalue weighted by Crippen LogP contribution is 2.11. The maximum Gasteiger partial charge on any atom is 0.204 e. The molecule has 78 valence electrons. The van der Waals surface area contributed by atoms with Crippen LogP contribution in [0.2, 0.25) is 0 Å². The fraction of sp³-hybridized carbons (Fsp3) is 0.0833. The van der Waals surface area contributed by atoms with E-state index in [-0.39, 0.29) is 24.0 Å². The van der Waals surface area contributed by atoms with E-state index in [9.17, 15) is 0 Å². The molecule has 0 saturated carbocycles. The second-order valence-corrected chi connectivity index (χ2v) is 4.06. The van der Waals surface area contributed by atoms with Gasteiger partial charge in [0.15, 0.2) is 6.20 Å². The molecule has 2 rings (SSSR count). The summed E-state index contributed by atoms with van der Waals surface area (Å²) < 4.78 is 2.10. The minimum atomic E-state index is 0. The van der Waals surface area contributed by atoms with Crippen LogP contribution in [-0.2, 0) is 7.05 Å². The molecule has 2 aromatic heterocycles. The summed E-state index contributed by atoms with van der Waals surface area (Å²) in [6.07, 6.45) is 6.32. The topological polar surface area (TPSA) is 3.88 Å². The van der Waals surface area contributed by atoms with E-state index in [0.29, 0.717) is 0 Å². The van der Waals surface area contributed by atoms with Gasteiger partial charge in [-0.25, -0.2) is 4.57 Å². The monoisotopic (exact) mass is 329 g/mol. The van der Waals surface area contributed by atoms with Crippen molar-refractivity contribution < 1.29 is 28.5 Å². The summed E-state index contributed by atoms with van der Waals surface area (Å²) in [6.45, 7) is 0. The maximum atomic E-state index is 2.14. The van der Waals surface area contributed by atoms with Crippen LogP contribution in [0.4, 0.5) is 0 Å². The second-order valence-electron chi connectivity index (χ2n) is 3.09. The molecule has 0 radical (unpaired) electrons. The van der Waals surface area contributed by atoms with Crippen molar-refractivity contribution in [3.05, 3.63) is 52.5 Å². The summed E-state index contributed by atoms with van der Waals surface area (Å²) in [4.78, 5) is 1.29. The lowest BCUT2D eigenvalue weighted by Gasteiger charge is -1.91. The highest BCUT2D eigenvalue weighted by Gasteiger charge is 1.98. The van der Waals surface area contributed by atoms with Crippen molar-refractivity contribution >= 4 is 23.5 Å². The van der Waals surface area contributed by atoms with E-state index >= 15 is 0 Å². The molecule has 15 heavy (non-hydrogen) atoms. The van der Waals surface area contributed by atoms with E-state index in [0.717, 1.165) is 0 Å². The van der Waals surface area contributed by atoms with Crippen molar-refractivity contribution in [1.82, 2.24) is 0 Å². The van der Waals surface area contributed by atoms with E-state index in [4.69, 9.17) is 0 Å². The largest absolute Gasteiger partial charge is 1.00 e. The first kappa shape index (κ1) is 12.4. The van der Waals surface area contributed by atoms with E-state index in [1.54, 1.807) is 11.3 Å². The van der Waals surface area contributed by atoms with Gasteiger partial charge in [0.1, 0.15) is 7.05 Å². The van der Waals surface area contributed by atoms with Gasteiger partial charge in [-0.2, -0.15) is 0 Å². The summed E-state index contributed by atoms with van der Waals surface area (Å²) in [5.41, 5.74) is 1.21. The first-order valence-corrected chi connectivity index (χ1v) is 5.40. The van der Waals surface area contributed by atoms with Crippen LogP contribution in [0, 0.1) is 0 Å². The zero-order valence-corrected chi connectivity index (χ0v) is 11.4. The van der Waals surface area contributed by atoms with Gasteiger partial charge in [-0.1, -0.05) is 6.07 Å². The second kappa shape index (κ2) is 6.02. The Morgan fingerprint density at radius 3 is 2.67 bits per heavy atom. The zero-order valence-electron chi connectivity index (χ0n) is 8.43. The van der Waals surface area contributed by atoms with Crippen LogP contribution in [0.3, 0.4) is 0 Å². The van der Waals surface area contributed by atoms with Crippen molar-refractivity contribution in [2.45, 2.75) is 0 Å². The summed E-state index contributed by atoms with van der Waals surface area (Å²) in [7, 11) is 2.05. The van der Waals surface area contributed by atoms with Gasteiger partial charge >= 0.3 is 0 Å². The predicted octanol–water partition coefficient (Wildman–Crippen LogP) is -0.253. The fourth-order valence-electron chi connectivity index (χ4n) is 1.26. The molecule has 0 spiro atoms. The van der Waals surface area contributed by atoms with Crippen LogP contribution in [0.1, 0.15) is 10.6 Å². The van der Waals surface area contributed by atoms with Gasteiger partial charge in [0.05, 0.1) is 0 Å². The summed E-state index contributed by atoms with van der Waals surface area (Å²) in [6, 6.07) is 10.4. The standard InChI is InChI=1S/C12H12NS.HI/c1-13-9-3-2-5-11(13)7-8-12-6-4-10-14-12;/h2-10H,1H3;1H/q+1;/p-1/b8-7+;. The third kappa shape index (κ3) is 3.43. The lowest BCUT2D eigenvalue weighted by Crippen LogP contribution is -3.00. The highest BCUT2D eigenvalue weighted by molar-refractivity contribution is 7.10. The Hall–Kier alpha value is -0.680. The first-order chi connectivity index (χ1) is 6.86. The number of thiophene rings is 1. The molecule has 0 amide bonds. The molecule has 0 bridgehead atoms. The maximum absolute atomic E-state index is 2.14. The Bertz CT molecular complexity index is 435. The zero-order chi connectivity index (χ0) is 9.80. The molecule has 2 aromatic rings. The molecule has 3 heteroatoms. The van der Waals surface area contributed by atoms with Gasteiger partial charge in [-0.3, -0.25) is 0 Å². The molecular weight excluding hydrogens is 317 g/mol. The van der Waals surface area contributed by atoms with E-state index in [1.807, 2.05) is 25.4 Å². The normalized spacial score (nSPS) is 10.2. The quantitative estimate of drug-likeness (QED) is 0.528. The number of halogens is 1. The van der Waals surface area contributed by atoms with Crippen molar-refractivity contribution in [2.75, 3.05) is 0 Å². The summed E-state index contributed by atoms with van der Waals surface area (Å²) >= 11 is 1.75. The number of hydrogen-bond donors (Lipinski definition) is 0. The van der Waals surface area contributed by atoms with Gasteiger partial charge < -0.3 is 24.0 Å². The molecule has 0 atom stereocenters. The van der Waals surface area contributed by atoms with Crippen molar-refractivity contribution in [2.24, 2.45) is 7.05 Å².